The number of halogens is 1. The van der Waals surface area contributed by atoms with Crippen LogP contribution in [-0.2, 0) is 11.2 Å². The minimum Gasteiger partial charge on any atom is -0.497 e. The van der Waals surface area contributed by atoms with Crippen molar-refractivity contribution in [2.75, 3.05) is 7.11 Å². The number of rotatable bonds is 5. The predicted molar refractivity (Wildman–Crippen MR) is 114 cm³/mol. The lowest BCUT2D eigenvalue weighted by Gasteiger charge is -2.26. The van der Waals surface area contributed by atoms with Crippen LogP contribution in [0.1, 0.15) is 22.6 Å². The maximum Gasteiger partial charge on any atom is 0.315 e. The van der Waals surface area contributed by atoms with Gasteiger partial charge in [-0.25, -0.2) is 4.39 Å². The van der Waals surface area contributed by atoms with Gasteiger partial charge in [-0.05, 0) is 41.5 Å². The predicted octanol–water partition coefficient (Wildman–Crippen LogP) is 4.20. The van der Waals surface area contributed by atoms with E-state index in [1.807, 2.05) is 0 Å². The average molecular weight is 430 g/mol. The fourth-order valence-corrected chi connectivity index (χ4v) is 3.61. The van der Waals surface area contributed by atoms with Crippen LogP contribution in [0.25, 0.3) is 0 Å². The van der Waals surface area contributed by atoms with E-state index >= 15 is 0 Å². The largest absolute Gasteiger partial charge is 0.497 e. The molecule has 1 aliphatic rings. The molecule has 4 rings (SSSR count). The van der Waals surface area contributed by atoms with Crippen molar-refractivity contribution in [3.63, 3.8) is 0 Å². The van der Waals surface area contributed by atoms with Crippen LogP contribution in [0.5, 0.6) is 17.2 Å². The zero-order valence-corrected chi connectivity index (χ0v) is 17.2. The summed E-state index contributed by atoms with van der Waals surface area (Å²) >= 11 is 0. The Balaban J connectivity index is 1.58. The molecule has 0 aliphatic carbocycles. The number of nitrogens with two attached hydrogens (primary N) is 1. The highest BCUT2D eigenvalue weighted by molar-refractivity contribution is 5.75. The molecular weight excluding hydrogens is 411 g/mol. The Morgan fingerprint density at radius 3 is 2.56 bits per heavy atom. The highest BCUT2D eigenvalue weighted by Gasteiger charge is 2.31. The van der Waals surface area contributed by atoms with Crippen molar-refractivity contribution in [1.82, 2.24) is 0 Å². The smallest absolute Gasteiger partial charge is 0.315 e. The van der Waals surface area contributed by atoms with Crippen molar-refractivity contribution in [3.05, 3.63) is 101 Å². The lowest BCUT2D eigenvalue weighted by atomic mass is 9.83. The van der Waals surface area contributed by atoms with Crippen LogP contribution in [0.3, 0.4) is 0 Å². The highest BCUT2D eigenvalue weighted by atomic mass is 19.1. The van der Waals surface area contributed by atoms with Gasteiger partial charge in [-0.2, -0.15) is 5.26 Å². The third-order valence-corrected chi connectivity index (χ3v) is 5.11. The lowest BCUT2D eigenvalue weighted by molar-refractivity contribution is -0.133. The number of allylic oxidation sites excluding steroid dienone is 1. The summed E-state index contributed by atoms with van der Waals surface area (Å²) in [6, 6.07) is 20.0. The second-order valence-electron chi connectivity index (χ2n) is 7.18. The fraction of sp³-hybridized carbons (Fsp3) is 0.120. The monoisotopic (exact) mass is 430 g/mol. The summed E-state index contributed by atoms with van der Waals surface area (Å²) in [5.74, 6) is -0.230. The van der Waals surface area contributed by atoms with E-state index in [2.05, 4.69) is 6.07 Å². The normalized spacial score (nSPS) is 14.7. The second kappa shape index (κ2) is 8.82. The van der Waals surface area contributed by atoms with E-state index in [9.17, 15) is 14.4 Å². The average Bonchev–Trinajstić information content (AvgIpc) is 2.78. The number of fused-ring (bicyclic) bond motifs is 1. The maximum atomic E-state index is 13.8. The van der Waals surface area contributed by atoms with E-state index in [4.69, 9.17) is 19.9 Å². The molecule has 0 bridgehead atoms. The van der Waals surface area contributed by atoms with Crippen molar-refractivity contribution in [3.8, 4) is 23.3 Å². The first-order valence-corrected chi connectivity index (χ1v) is 9.79. The van der Waals surface area contributed by atoms with Gasteiger partial charge in [0.05, 0.1) is 19.4 Å². The zero-order chi connectivity index (χ0) is 22.7. The second-order valence-corrected chi connectivity index (χ2v) is 7.18. The molecule has 0 saturated carbocycles. The Morgan fingerprint density at radius 1 is 1.12 bits per heavy atom. The molecule has 0 spiro atoms. The van der Waals surface area contributed by atoms with Crippen molar-refractivity contribution < 1.29 is 23.4 Å². The van der Waals surface area contributed by atoms with Crippen LogP contribution < -0.4 is 19.9 Å². The van der Waals surface area contributed by atoms with E-state index in [1.54, 1.807) is 55.6 Å². The fourth-order valence-electron chi connectivity index (χ4n) is 3.61. The van der Waals surface area contributed by atoms with Crippen LogP contribution >= 0.6 is 0 Å². The number of esters is 1. The van der Waals surface area contributed by atoms with Gasteiger partial charge in [0.15, 0.2) is 0 Å². The van der Waals surface area contributed by atoms with Gasteiger partial charge in [-0.3, -0.25) is 4.79 Å². The molecule has 3 aromatic carbocycles. The molecule has 0 radical (unpaired) electrons. The molecule has 6 nitrogen and oxygen atoms in total. The van der Waals surface area contributed by atoms with Gasteiger partial charge in [0, 0.05) is 11.6 Å². The SMILES string of the molecule is COc1ccc(CC(=O)Oc2ccc3c(c2)OC(N)=C(C#N)C3c2cccc(F)c2)cc1. The first kappa shape index (κ1) is 20.9. The van der Waals surface area contributed by atoms with Gasteiger partial charge in [-0.15, -0.1) is 0 Å². The van der Waals surface area contributed by atoms with E-state index < -0.39 is 17.7 Å². The minimum absolute atomic E-state index is 0.0732. The first-order valence-electron chi connectivity index (χ1n) is 9.79. The van der Waals surface area contributed by atoms with Crippen LogP contribution in [0.2, 0.25) is 0 Å². The molecule has 7 heteroatoms. The van der Waals surface area contributed by atoms with Crippen LogP contribution in [0, 0.1) is 17.1 Å². The number of carbonyl (C=O) groups excluding carboxylic acids is 1. The topological polar surface area (TPSA) is 94.6 Å². The molecule has 0 fully saturated rings. The third-order valence-electron chi connectivity index (χ3n) is 5.11. The molecule has 160 valence electrons. The van der Waals surface area contributed by atoms with E-state index in [-0.39, 0.29) is 23.6 Å². The van der Waals surface area contributed by atoms with E-state index in [0.29, 0.717) is 22.6 Å². The van der Waals surface area contributed by atoms with Gasteiger partial charge >= 0.3 is 5.97 Å². The van der Waals surface area contributed by atoms with Gasteiger partial charge < -0.3 is 19.9 Å². The Kier molecular flexibility index (Phi) is 5.77. The number of ether oxygens (including phenoxy) is 3. The third kappa shape index (κ3) is 4.25. The Bertz CT molecular complexity index is 1250. The first-order chi connectivity index (χ1) is 15.5. The van der Waals surface area contributed by atoms with Crippen molar-refractivity contribution in [1.29, 1.82) is 5.26 Å². The number of nitrogens with zero attached hydrogens (tertiary/aromatic N) is 1. The molecule has 1 atom stereocenters. The summed E-state index contributed by atoms with van der Waals surface area (Å²) in [6.45, 7) is 0. The molecule has 3 aromatic rings. The number of nitriles is 1. The summed E-state index contributed by atoms with van der Waals surface area (Å²) < 4.78 is 30.0. The molecule has 1 heterocycles. The summed E-state index contributed by atoms with van der Waals surface area (Å²) in [7, 11) is 1.57. The Hall–Kier alpha value is -4.31. The number of methoxy groups -OCH3 is 1. The molecule has 0 aromatic heterocycles. The summed E-state index contributed by atoms with van der Waals surface area (Å²) in [4.78, 5) is 12.4. The molecule has 2 N–H and O–H groups in total. The van der Waals surface area contributed by atoms with Gasteiger partial charge in [0.2, 0.25) is 5.88 Å². The maximum absolute atomic E-state index is 13.8. The van der Waals surface area contributed by atoms with Gasteiger partial charge in [-0.1, -0.05) is 30.3 Å². The van der Waals surface area contributed by atoms with Crippen molar-refractivity contribution in [2.45, 2.75) is 12.3 Å². The van der Waals surface area contributed by atoms with Gasteiger partial charge in [0.25, 0.3) is 0 Å². The Labute approximate surface area is 184 Å². The van der Waals surface area contributed by atoms with Crippen LogP contribution in [-0.4, -0.2) is 13.1 Å². The highest BCUT2D eigenvalue weighted by Crippen LogP contribution is 2.43. The molecular formula is C25H19FN2O4. The lowest BCUT2D eigenvalue weighted by Crippen LogP contribution is -2.21. The summed E-state index contributed by atoms with van der Waals surface area (Å²) in [5, 5.41) is 9.60. The molecule has 1 unspecified atom stereocenters. The van der Waals surface area contributed by atoms with Crippen molar-refractivity contribution >= 4 is 5.97 Å². The number of hydrogen-bond acceptors (Lipinski definition) is 6. The molecule has 0 amide bonds. The summed E-state index contributed by atoms with van der Waals surface area (Å²) in [6.07, 6.45) is 0.0779. The van der Waals surface area contributed by atoms with Crippen molar-refractivity contribution in [2.24, 2.45) is 5.73 Å². The number of hydrogen-bond donors (Lipinski definition) is 1. The minimum atomic E-state index is -0.594. The van der Waals surface area contributed by atoms with E-state index in [1.165, 1.54) is 18.2 Å². The quantitative estimate of drug-likeness (QED) is 0.482. The van der Waals surface area contributed by atoms with Crippen LogP contribution in [0.15, 0.2) is 78.2 Å². The van der Waals surface area contributed by atoms with E-state index in [0.717, 1.165) is 5.56 Å². The number of carbonyl (C=O) groups is 1. The Morgan fingerprint density at radius 2 is 1.88 bits per heavy atom. The number of benzene rings is 3. The van der Waals surface area contributed by atoms with Gasteiger partial charge in [0.1, 0.15) is 34.7 Å². The molecule has 32 heavy (non-hydrogen) atoms. The standard InChI is InChI=1S/C25H19FN2O4/c1-30-18-7-5-15(6-8-18)11-23(29)31-19-9-10-20-22(13-19)32-25(28)21(14-27)24(20)16-3-2-4-17(26)12-16/h2-10,12-13,24H,11,28H2,1H3. The summed E-state index contributed by atoms with van der Waals surface area (Å²) in [5.41, 5.74) is 8.13. The zero-order valence-electron chi connectivity index (χ0n) is 17.2. The molecule has 1 aliphatic heterocycles. The van der Waals surface area contributed by atoms with Crippen LogP contribution in [0.4, 0.5) is 4.39 Å². The molecule has 0 saturated heterocycles.